The summed E-state index contributed by atoms with van der Waals surface area (Å²) in [6.07, 6.45) is 7.35. The van der Waals surface area contributed by atoms with E-state index < -0.39 is 35.2 Å². The van der Waals surface area contributed by atoms with Crippen LogP contribution in [-0.4, -0.2) is 108 Å². The number of hydrogen-bond donors (Lipinski definition) is 7. The lowest BCUT2D eigenvalue weighted by Gasteiger charge is -2.48. The Labute approximate surface area is 331 Å². The van der Waals surface area contributed by atoms with Crippen molar-refractivity contribution < 1.29 is 29.3 Å². The number of hydrogen-bond acceptors (Lipinski definition) is 16. The summed E-state index contributed by atoms with van der Waals surface area (Å²) in [4.78, 5) is 37.1. The van der Waals surface area contributed by atoms with Crippen LogP contribution in [0.15, 0.2) is 62.8 Å². The minimum atomic E-state index is -2.17. The highest BCUT2D eigenvalue weighted by Gasteiger charge is 2.69. The SMILES string of the molecule is CN(CCCC(=O)NCCCCCCNC(=O)OCC1N=C(N)N2CCC(O)(O)C23NC(N)=NC13)c1ccc(C=CC2=C(C#N)C(=C(C#N)C#N)OC2(C)C)cc1. The van der Waals surface area contributed by atoms with E-state index in [4.69, 9.17) is 20.9 Å². The molecule has 0 aromatic heterocycles. The molecule has 0 saturated carbocycles. The zero-order valence-corrected chi connectivity index (χ0v) is 32.4. The minimum Gasteiger partial charge on any atom is -0.480 e. The van der Waals surface area contributed by atoms with Gasteiger partial charge in [0.05, 0.1) is 0 Å². The molecule has 302 valence electrons. The van der Waals surface area contributed by atoms with Gasteiger partial charge in [0, 0.05) is 57.3 Å². The number of nitrogens with two attached hydrogens (primary N) is 2. The average molecular weight is 783 g/mol. The first kappa shape index (κ1) is 41.9. The van der Waals surface area contributed by atoms with Crippen LogP contribution in [0, 0.1) is 34.0 Å². The zero-order valence-electron chi connectivity index (χ0n) is 32.4. The second-order valence-corrected chi connectivity index (χ2v) is 14.8. The van der Waals surface area contributed by atoms with E-state index in [9.17, 15) is 35.6 Å². The normalized spacial score (nSPS) is 22.5. The predicted octanol–water partition coefficient (Wildman–Crippen LogP) is 1.32. The lowest BCUT2D eigenvalue weighted by atomic mass is 9.87. The molecule has 2 amide bonds. The summed E-state index contributed by atoms with van der Waals surface area (Å²) < 4.78 is 11.2. The molecule has 0 aliphatic carbocycles. The lowest BCUT2D eigenvalue weighted by molar-refractivity contribution is -0.221. The number of nitrogens with zero attached hydrogens (tertiary/aromatic N) is 7. The van der Waals surface area contributed by atoms with E-state index in [1.165, 1.54) is 4.90 Å². The van der Waals surface area contributed by atoms with E-state index in [2.05, 4.69) is 36.9 Å². The Kier molecular flexibility index (Phi) is 13.0. The molecule has 0 radical (unpaired) electrons. The summed E-state index contributed by atoms with van der Waals surface area (Å²) in [7, 11) is 1.96. The predicted molar refractivity (Wildman–Crippen MR) is 210 cm³/mol. The van der Waals surface area contributed by atoms with Crippen LogP contribution < -0.4 is 32.3 Å². The van der Waals surface area contributed by atoms with Gasteiger partial charge in [-0.3, -0.25) is 4.79 Å². The zero-order chi connectivity index (χ0) is 41.4. The van der Waals surface area contributed by atoms with Gasteiger partial charge < -0.3 is 56.9 Å². The second kappa shape index (κ2) is 17.7. The number of anilines is 1. The summed E-state index contributed by atoms with van der Waals surface area (Å²) in [6.45, 7) is 5.28. The van der Waals surface area contributed by atoms with Gasteiger partial charge in [0.2, 0.25) is 11.7 Å². The molecule has 1 fully saturated rings. The van der Waals surface area contributed by atoms with Gasteiger partial charge in [0.1, 0.15) is 48.1 Å². The number of benzene rings is 1. The summed E-state index contributed by atoms with van der Waals surface area (Å²) in [5, 5.41) is 58.3. The number of unbranched alkanes of at least 4 members (excludes halogenated alkanes) is 3. The molecule has 1 aromatic rings. The molecule has 9 N–H and O–H groups in total. The van der Waals surface area contributed by atoms with Crippen LogP contribution in [0.2, 0.25) is 0 Å². The Bertz CT molecular complexity index is 1970. The van der Waals surface area contributed by atoms with Crippen LogP contribution in [0.4, 0.5) is 10.5 Å². The van der Waals surface area contributed by atoms with Gasteiger partial charge in [-0.1, -0.05) is 37.1 Å². The van der Waals surface area contributed by atoms with Crippen LogP contribution in [0.25, 0.3) is 6.08 Å². The maximum atomic E-state index is 12.4. The number of aliphatic imine (C=N–C) groups is 2. The molecule has 3 atom stereocenters. The number of amides is 2. The Morgan fingerprint density at radius 2 is 1.74 bits per heavy atom. The maximum Gasteiger partial charge on any atom is 0.407 e. The molecular formula is C39H50N12O6. The van der Waals surface area contributed by atoms with Crippen molar-refractivity contribution in [2.24, 2.45) is 21.5 Å². The summed E-state index contributed by atoms with van der Waals surface area (Å²) in [5.41, 5.74) is 12.0. The van der Waals surface area contributed by atoms with Crippen molar-refractivity contribution >= 4 is 35.7 Å². The monoisotopic (exact) mass is 782 g/mol. The third-order valence-electron chi connectivity index (χ3n) is 10.5. The van der Waals surface area contributed by atoms with E-state index in [1.807, 2.05) is 37.4 Å². The standard InChI is InChI=1S/C39H50N12O6/c1-37(2)29(28(23-42)32(57-37)26(21-40)22-41)15-12-25-10-13-27(14-11-25)50(3)19-8-9-31(52)45-17-6-4-5-7-18-46-36(53)56-24-30-33-39(49-34(43)48-33)38(54,55)16-20-51(39)35(44)47-30/h10-15,30,33,54-55H,4-9,16-20,24H2,1-3H3,(H2,44,47)(H,45,52)(H,46,53)(H3,43,48,49). The fourth-order valence-electron chi connectivity index (χ4n) is 7.49. The highest BCUT2D eigenvalue weighted by atomic mass is 16.5. The van der Waals surface area contributed by atoms with Crippen molar-refractivity contribution in [3.05, 3.63) is 58.4 Å². The topological polar surface area (TPSA) is 284 Å². The van der Waals surface area contributed by atoms with Crippen molar-refractivity contribution in [3.8, 4) is 18.2 Å². The van der Waals surface area contributed by atoms with Crippen LogP contribution in [0.1, 0.15) is 64.4 Å². The first-order valence-electron chi connectivity index (χ1n) is 18.9. The highest BCUT2D eigenvalue weighted by Crippen LogP contribution is 2.44. The van der Waals surface area contributed by atoms with Crippen LogP contribution in [-0.2, 0) is 14.3 Å². The molecule has 1 spiro atoms. The Hall–Kier alpha value is -6.29. The van der Waals surface area contributed by atoms with Crippen molar-refractivity contribution in [2.45, 2.75) is 87.9 Å². The van der Waals surface area contributed by atoms with Crippen LogP contribution >= 0.6 is 0 Å². The Balaban J connectivity index is 0.930. The minimum absolute atomic E-state index is 0.00568. The van der Waals surface area contributed by atoms with E-state index in [0.717, 1.165) is 36.9 Å². The summed E-state index contributed by atoms with van der Waals surface area (Å²) in [6, 6.07) is 11.9. The van der Waals surface area contributed by atoms with E-state index in [-0.39, 0.29) is 54.3 Å². The van der Waals surface area contributed by atoms with E-state index >= 15 is 0 Å². The number of nitrogens with one attached hydrogen (secondary N) is 3. The number of nitriles is 3. The van der Waals surface area contributed by atoms with Crippen LogP contribution in [0.3, 0.4) is 0 Å². The van der Waals surface area contributed by atoms with Gasteiger partial charge in [-0.2, -0.15) is 15.8 Å². The molecular weight excluding hydrogens is 733 g/mol. The van der Waals surface area contributed by atoms with Gasteiger partial charge in [0.25, 0.3) is 0 Å². The number of carbonyl (C=O) groups is 2. The quantitative estimate of drug-likeness (QED) is 0.0708. The van der Waals surface area contributed by atoms with Crippen molar-refractivity contribution in [3.63, 3.8) is 0 Å². The molecule has 18 nitrogen and oxygen atoms in total. The number of carbonyl (C=O) groups excluding carboxylic acids is 2. The van der Waals surface area contributed by atoms with Gasteiger partial charge in [0.15, 0.2) is 28.9 Å². The fourth-order valence-corrected chi connectivity index (χ4v) is 7.49. The number of aliphatic hydroxyl groups is 2. The van der Waals surface area contributed by atoms with Gasteiger partial charge in [-0.25, -0.2) is 14.8 Å². The van der Waals surface area contributed by atoms with Crippen molar-refractivity contribution in [2.75, 3.05) is 44.7 Å². The molecule has 4 heterocycles. The highest BCUT2D eigenvalue weighted by molar-refractivity contribution is 5.87. The largest absolute Gasteiger partial charge is 0.480 e. The molecule has 5 rings (SSSR count). The number of alkyl carbamates (subject to hydrolysis) is 1. The Morgan fingerprint density at radius 3 is 2.40 bits per heavy atom. The van der Waals surface area contributed by atoms with Crippen LogP contribution in [0.5, 0.6) is 0 Å². The van der Waals surface area contributed by atoms with E-state index in [0.29, 0.717) is 38.0 Å². The number of ether oxygens (including phenoxy) is 2. The molecule has 4 aliphatic heterocycles. The third-order valence-corrected chi connectivity index (χ3v) is 10.5. The molecule has 57 heavy (non-hydrogen) atoms. The number of rotatable bonds is 16. The molecule has 1 saturated heterocycles. The van der Waals surface area contributed by atoms with Gasteiger partial charge in [-0.15, -0.1) is 0 Å². The second-order valence-electron chi connectivity index (χ2n) is 14.8. The fraction of sp³-hybridized carbons (Fsp3) is 0.513. The number of allylic oxidation sites excluding steroid dienone is 2. The van der Waals surface area contributed by atoms with Gasteiger partial charge >= 0.3 is 6.09 Å². The van der Waals surface area contributed by atoms with Crippen molar-refractivity contribution in [1.82, 2.24) is 20.9 Å². The van der Waals surface area contributed by atoms with E-state index in [1.54, 1.807) is 32.1 Å². The third kappa shape index (κ3) is 9.07. The Morgan fingerprint density at radius 1 is 1.05 bits per heavy atom. The molecule has 3 unspecified atom stereocenters. The molecule has 4 aliphatic rings. The summed E-state index contributed by atoms with van der Waals surface area (Å²) in [5.74, 6) is -2.07. The van der Waals surface area contributed by atoms with Crippen molar-refractivity contribution in [1.29, 1.82) is 15.8 Å². The number of guanidine groups is 2. The smallest absolute Gasteiger partial charge is 0.407 e. The molecule has 18 heteroatoms. The average Bonchev–Trinajstić information content (AvgIpc) is 3.77. The lowest BCUT2D eigenvalue weighted by Crippen LogP contribution is -2.76. The molecule has 0 bridgehead atoms. The first-order valence-corrected chi connectivity index (χ1v) is 18.9. The molecule has 1 aromatic carbocycles. The summed E-state index contributed by atoms with van der Waals surface area (Å²) >= 11 is 0. The van der Waals surface area contributed by atoms with Gasteiger partial charge in [-0.05, 0) is 50.8 Å². The first-order chi connectivity index (χ1) is 27.2. The maximum absolute atomic E-state index is 12.4.